The normalized spacial score (nSPS) is 13.2. The number of thioether (sulfide) groups is 1. The topological polar surface area (TPSA) is 76.6 Å². The van der Waals surface area contributed by atoms with E-state index in [0.29, 0.717) is 30.8 Å². The molecule has 1 aromatic heterocycles. The molecule has 0 fully saturated rings. The molecule has 1 rings (SSSR count). The van der Waals surface area contributed by atoms with Gasteiger partial charge in [0.1, 0.15) is 5.82 Å². The van der Waals surface area contributed by atoms with E-state index in [1.165, 1.54) is 27.0 Å². The standard InChI is InChI=1S/C16H25N3O3S/c1-6-13-14(17-12(3)23-5)18(4)16(22)19(15(13)21)10-8-7-9-11(2)20/h6,11,20H,1,7-10H2,2-5H3/b17-12+/t11-/m1/s1. The number of aliphatic hydroxyl groups is 1. The number of unbranched alkanes of at least 4 members (excludes halogenated alkanes) is 1. The molecular weight excluding hydrogens is 314 g/mol. The monoisotopic (exact) mass is 339 g/mol. The Morgan fingerprint density at radius 2 is 2.09 bits per heavy atom. The summed E-state index contributed by atoms with van der Waals surface area (Å²) in [5.74, 6) is 0.335. The first-order chi connectivity index (χ1) is 10.8. The van der Waals surface area contributed by atoms with Crippen molar-refractivity contribution < 1.29 is 5.11 Å². The average Bonchev–Trinajstić information content (AvgIpc) is 2.51. The third-order valence-electron chi connectivity index (χ3n) is 3.57. The first-order valence-corrected chi connectivity index (χ1v) is 8.79. The fraction of sp³-hybridized carbons (Fsp3) is 0.562. The van der Waals surface area contributed by atoms with Crippen LogP contribution < -0.4 is 11.2 Å². The zero-order valence-corrected chi connectivity index (χ0v) is 15.0. The SMILES string of the molecule is C=Cc1c(/N=C(\C)SC)n(C)c(=O)n(CCCC[C@@H](C)O)c1=O. The van der Waals surface area contributed by atoms with Gasteiger partial charge < -0.3 is 5.11 Å². The molecule has 0 amide bonds. The lowest BCUT2D eigenvalue weighted by Crippen LogP contribution is -2.40. The first kappa shape index (κ1) is 19.4. The van der Waals surface area contributed by atoms with Crippen molar-refractivity contribution in [2.45, 2.75) is 45.8 Å². The quantitative estimate of drug-likeness (QED) is 0.469. The molecule has 0 aliphatic rings. The summed E-state index contributed by atoms with van der Waals surface area (Å²) < 4.78 is 2.60. The Morgan fingerprint density at radius 3 is 2.61 bits per heavy atom. The van der Waals surface area contributed by atoms with Crippen molar-refractivity contribution in [3.8, 4) is 0 Å². The highest BCUT2D eigenvalue weighted by Crippen LogP contribution is 2.16. The predicted octanol–water partition coefficient (Wildman–Crippen LogP) is 2.15. The van der Waals surface area contributed by atoms with Crippen molar-refractivity contribution in [3.63, 3.8) is 0 Å². The van der Waals surface area contributed by atoms with Crippen LogP contribution in [-0.4, -0.2) is 31.6 Å². The van der Waals surface area contributed by atoms with Crippen LogP contribution in [0, 0.1) is 0 Å². The highest BCUT2D eigenvalue weighted by Gasteiger charge is 2.15. The maximum Gasteiger partial charge on any atom is 0.332 e. The van der Waals surface area contributed by atoms with E-state index in [-0.39, 0.29) is 17.4 Å². The molecule has 7 heteroatoms. The zero-order valence-electron chi connectivity index (χ0n) is 14.2. The van der Waals surface area contributed by atoms with Crippen molar-refractivity contribution in [3.05, 3.63) is 33.0 Å². The largest absolute Gasteiger partial charge is 0.393 e. The number of hydrogen-bond donors (Lipinski definition) is 1. The van der Waals surface area contributed by atoms with Gasteiger partial charge in [0.25, 0.3) is 5.56 Å². The van der Waals surface area contributed by atoms with Gasteiger partial charge >= 0.3 is 5.69 Å². The summed E-state index contributed by atoms with van der Waals surface area (Å²) in [6.07, 6.45) is 5.02. The highest BCUT2D eigenvalue weighted by molar-refractivity contribution is 8.13. The van der Waals surface area contributed by atoms with E-state index in [1.54, 1.807) is 14.0 Å². The van der Waals surface area contributed by atoms with Crippen molar-refractivity contribution in [1.29, 1.82) is 0 Å². The van der Waals surface area contributed by atoms with Crippen LogP contribution in [0.5, 0.6) is 0 Å². The van der Waals surface area contributed by atoms with Crippen molar-refractivity contribution in [1.82, 2.24) is 9.13 Å². The van der Waals surface area contributed by atoms with Gasteiger partial charge in [0.2, 0.25) is 0 Å². The van der Waals surface area contributed by atoms with Crippen LogP contribution >= 0.6 is 11.8 Å². The van der Waals surface area contributed by atoms with Crippen molar-refractivity contribution >= 4 is 28.7 Å². The van der Waals surface area contributed by atoms with E-state index in [0.717, 1.165) is 11.5 Å². The minimum Gasteiger partial charge on any atom is -0.393 e. The van der Waals surface area contributed by atoms with Gasteiger partial charge in [0, 0.05) is 13.6 Å². The summed E-state index contributed by atoms with van der Waals surface area (Å²) in [5.41, 5.74) is -0.422. The Morgan fingerprint density at radius 1 is 1.43 bits per heavy atom. The number of rotatable bonds is 7. The van der Waals surface area contributed by atoms with Gasteiger partial charge in [-0.15, -0.1) is 11.8 Å². The van der Waals surface area contributed by atoms with Crippen LogP contribution in [0.3, 0.4) is 0 Å². The molecule has 0 aliphatic carbocycles. The lowest BCUT2D eigenvalue weighted by molar-refractivity contribution is 0.180. The number of aliphatic imine (C=N–C) groups is 1. The molecule has 128 valence electrons. The van der Waals surface area contributed by atoms with Crippen LogP contribution in [-0.2, 0) is 13.6 Å². The summed E-state index contributed by atoms with van der Waals surface area (Å²) in [5, 5.41) is 10.0. The van der Waals surface area contributed by atoms with Gasteiger partial charge in [-0.25, -0.2) is 9.79 Å². The Hall–Kier alpha value is -1.60. The maximum atomic E-state index is 12.5. The lowest BCUT2D eigenvalue weighted by atomic mass is 10.2. The summed E-state index contributed by atoms with van der Waals surface area (Å²) >= 11 is 1.45. The fourth-order valence-corrected chi connectivity index (χ4v) is 2.37. The molecule has 23 heavy (non-hydrogen) atoms. The van der Waals surface area contributed by atoms with Gasteiger partial charge in [-0.2, -0.15) is 0 Å². The predicted molar refractivity (Wildman–Crippen MR) is 97.8 cm³/mol. The molecule has 0 unspecified atom stereocenters. The minimum atomic E-state index is -0.384. The van der Waals surface area contributed by atoms with Gasteiger partial charge in [-0.1, -0.05) is 12.7 Å². The maximum absolute atomic E-state index is 12.5. The molecule has 1 aromatic rings. The van der Waals surface area contributed by atoms with Crippen molar-refractivity contribution in [2.24, 2.45) is 12.0 Å². The van der Waals surface area contributed by atoms with Crippen LogP contribution in [0.25, 0.3) is 6.08 Å². The fourth-order valence-electron chi connectivity index (χ4n) is 2.20. The smallest absolute Gasteiger partial charge is 0.332 e. The molecule has 0 saturated carbocycles. The van der Waals surface area contributed by atoms with E-state index < -0.39 is 0 Å². The Balaban J connectivity index is 3.26. The molecule has 0 radical (unpaired) electrons. The number of hydrogen-bond acceptors (Lipinski definition) is 5. The zero-order chi connectivity index (χ0) is 17.6. The van der Waals surface area contributed by atoms with Gasteiger partial charge in [0.05, 0.1) is 16.7 Å². The van der Waals surface area contributed by atoms with Crippen molar-refractivity contribution in [2.75, 3.05) is 6.26 Å². The van der Waals surface area contributed by atoms with E-state index in [2.05, 4.69) is 11.6 Å². The second kappa shape index (κ2) is 8.88. The van der Waals surface area contributed by atoms with E-state index in [1.807, 2.05) is 13.2 Å². The Kier molecular flexibility index (Phi) is 7.51. The Bertz CT molecular complexity index is 702. The minimum absolute atomic E-state index is 0.324. The lowest BCUT2D eigenvalue weighted by Gasteiger charge is -2.13. The number of aliphatic hydroxyl groups excluding tert-OH is 1. The molecule has 6 nitrogen and oxygen atoms in total. The first-order valence-electron chi connectivity index (χ1n) is 7.57. The molecule has 1 heterocycles. The second-order valence-electron chi connectivity index (χ2n) is 5.42. The third kappa shape index (κ3) is 4.94. The third-order valence-corrected chi connectivity index (χ3v) is 4.25. The van der Waals surface area contributed by atoms with E-state index in [4.69, 9.17) is 0 Å². The number of aromatic nitrogens is 2. The molecule has 1 N–H and O–H groups in total. The second-order valence-corrected chi connectivity index (χ2v) is 6.42. The molecule has 1 atom stereocenters. The van der Waals surface area contributed by atoms with E-state index >= 15 is 0 Å². The average molecular weight is 339 g/mol. The Labute approximate surface area is 140 Å². The van der Waals surface area contributed by atoms with Gasteiger partial charge in [0.15, 0.2) is 0 Å². The van der Waals surface area contributed by atoms with Crippen LogP contribution in [0.1, 0.15) is 38.7 Å². The van der Waals surface area contributed by atoms with Gasteiger partial charge in [-0.3, -0.25) is 13.9 Å². The summed E-state index contributed by atoms with van der Waals surface area (Å²) in [6.45, 7) is 7.55. The van der Waals surface area contributed by atoms with Crippen LogP contribution in [0.2, 0.25) is 0 Å². The molecule has 0 aliphatic heterocycles. The van der Waals surface area contributed by atoms with Crippen LogP contribution in [0.15, 0.2) is 21.2 Å². The molecule has 0 aromatic carbocycles. The summed E-state index contributed by atoms with van der Waals surface area (Å²) in [6, 6.07) is 0. The molecule has 0 saturated heterocycles. The molecule has 0 bridgehead atoms. The summed E-state index contributed by atoms with van der Waals surface area (Å²) in [7, 11) is 1.60. The van der Waals surface area contributed by atoms with E-state index in [9.17, 15) is 14.7 Å². The summed E-state index contributed by atoms with van der Waals surface area (Å²) in [4.78, 5) is 29.3. The van der Waals surface area contributed by atoms with Gasteiger partial charge in [-0.05, 0) is 39.4 Å². The molecule has 0 spiro atoms. The molecular formula is C16H25N3O3S. The highest BCUT2D eigenvalue weighted by atomic mass is 32.2. The van der Waals surface area contributed by atoms with Crippen LogP contribution in [0.4, 0.5) is 5.82 Å². The number of nitrogens with zero attached hydrogens (tertiary/aromatic N) is 3.